The SMILES string of the molecule is N#Cc1cnn(-c2ccccc2)c1NC(=O)CSc1nc(C2CC2)n(-c2ccccc2)n1. The van der Waals surface area contributed by atoms with Crippen molar-refractivity contribution in [3.05, 3.63) is 78.2 Å². The molecule has 1 aliphatic rings. The molecule has 1 aliphatic carbocycles. The lowest BCUT2D eigenvalue weighted by molar-refractivity contribution is -0.113. The van der Waals surface area contributed by atoms with E-state index < -0.39 is 0 Å². The number of benzene rings is 2. The van der Waals surface area contributed by atoms with Gasteiger partial charge in [0.25, 0.3) is 0 Å². The molecule has 2 aromatic carbocycles. The van der Waals surface area contributed by atoms with Crippen LogP contribution in [0.1, 0.15) is 30.1 Å². The van der Waals surface area contributed by atoms with E-state index in [0.29, 0.717) is 22.5 Å². The summed E-state index contributed by atoms with van der Waals surface area (Å²) in [6.45, 7) is 0. The molecular weight excluding hydrogens is 422 g/mol. The van der Waals surface area contributed by atoms with E-state index in [0.717, 1.165) is 30.0 Å². The van der Waals surface area contributed by atoms with E-state index in [2.05, 4.69) is 26.6 Å². The van der Waals surface area contributed by atoms with E-state index in [9.17, 15) is 10.1 Å². The molecule has 1 saturated carbocycles. The van der Waals surface area contributed by atoms with Gasteiger partial charge in [0.15, 0.2) is 5.82 Å². The number of nitrogens with zero attached hydrogens (tertiary/aromatic N) is 6. The Hall–Kier alpha value is -3.90. The maximum absolute atomic E-state index is 12.7. The van der Waals surface area contributed by atoms with E-state index in [1.165, 1.54) is 18.0 Å². The fraction of sp³-hybridized carbons (Fsp3) is 0.174. The van der Waals surface area contributed by atoms with Crippen molar-refractivity contribution in [2.24, 2.45) is 0 Å². The standard InChI is InChI=1S/C23H19N7OS/c24-13-17-14-25-29(18-7-3-1-4-8-18)22(17)26-20(31)15-32-23-27-21(16-11-12-16)30(28-23)19-9-5-2-6-10-19/h1-10,14,16H,11-12,15H2,(H,26,31). The molecule has 1 N–H and O–H groups in total. The highest BCUT2D eigenvalue weighted by Crippen LogP contribution is 2.40. The minimum absolute atomic E-state index is 0.119. The number of anilines is 1. The van der Waals surface area contributed by atoms with Crippen LogP contribution in [0, 0.1) is 11.3 Å². The number of thioether (sulfide) groups is 1. The van der Waals surface area contributed by atoms with Crippen LogP contribution in [0.4, 0.5) is 5.82 Å². The summed E-state index contributed by atoms with van der Waals surface area (Å²) in [5.74, 6) is 1.57. The van der Waals surface area contributed by atoms with Crippen molar-refractivity contribution < 1.29 is 4.79 Å². The molecule has 2 heterocycles. The van der Waals surface area contributed by atoms with Crippen molar-refractivity contribution in [1.29, 1.82) is 5.26 Å². The van der Waals surface area contributed by atoms with Crippen molar-refractivity contribution in [2.45, 2.75) is 23.9 Å². The quantitative estimate of drug-likeness (QED) is 0.436. The van der Waals surface area contributed by atoms with Crippen molar-refractivity contribution in [2.75, 3.05) is 11.1 Å². The molecule has 1 amide bonds. The van der Waals surface area contributed by atoms with Crippen LogP contribution in [-0.2, 0) is 4.79 Å². The highest BCUT2D eigenvalue weighted by molar-refractivity contribution is 7.99. The van der Waals surface area contributed by atoms with Gasteiger partial charge in [-0.2, -0.15) is 10.4 Å². The van der Waals surface area contributed by atoms with E-state index >= 15 is 0 Å². The van der Waals surface area contributed by atoms with E-state index in [4.69, 9.17) is 0 Å². The third-order valence-electron chi connectivity index (χ3n) is 5.04. The molecule has 2 aromatic heterocycles. The average molecular weight is 442 g/mol. The Labute approximate surface area is 188 Å². The zero-order chi connectivity index (χ0) is 21.9. The lowest BCUT2D eigenvalue weighted by Crippen LogP contribution is -2.17. The Morgan fingerprint density at radius 1 is 1.06 bits per heavy atom. The first-order valence-electron chi connectivity index (χ1n) is 10.2. The summed E-state index contributed by atoms with van der Waals surface area (Å²) in [6, 6.07) is 21.3. The summed E-state index contributed by atoms with van der Waals surface area (Å²) in [5, 5.41) is 21.7. The third-order valence-corrected chi connectivity index (χ3v) is 5.87. The first kappa shape index (κ1) is 20.0. The summed E-state index contributed by atoms with van der Waals surface area (Å²) in [5.41, 5.74) is 2.02. The van der Waals surface area contributed by atoms with Crippen molar-refractivity contribution >= 4 is 23.5 Å². The minimum atomic E-state index is -0.256. The maximum atomic E-state index is 12.7. The van der Waals surface area contributed by atoms with E-state index in [1.54, 1.807) is 4.68 Å². The molecule has 0 bridgehead atoms. The highest BCUT2D eigenvalue weighted by Gasteiger charge is 2.30. The molecule has 0 aliphatic heterocycles. The zero-order valence-electron chi connectivity index (χ0n) is 17.0. The van der Waals surface area contributed by atoms with Gasteiger partial charge in [-0.05, 0) is 37.1 Å². The summed E-state index contributed by atoms with van der Waals surface area (Å²) >= 11 is 1.27. The number of carbonyl (C=O) groups is 1. The third kappa shape index (κ3) is 4.13. The smallest absolute Gasteiger partial charge is 0.236 e. The number of hydrogen-bond acceptors (Lipinski definition) is 6. The first-order chi connectivity index (χ1) is 15.7. The van der Waals surface area contributed by atoms with Crippen LogP contribution in [0.25, 0.3) is 11.4 Å². The predicted molar refractivity (Wildman–Crippen MR) is 121 cm³/mol. The number of hydrogen-bond donors (Lipinski definition) is 1. The minimum Gasteiger partial charge on any atom is -0.309 e. The van der Waals surface area contributed by atoms with Gasteiger partial charge in [0.2, 0.25) is 11.1 Å². The van der Waals surface area contributed by atoms with Crippen LogP contribution in [0.5, 0.6) is 0 Å². The molecule has 158 valence electrons. The van der Waals surface area contributed by atoms with Crippen molar-refractivity contribution in [3.63, 3.8) is 0 Å². The van der Waals surface area contributed by atoms with Gasteiger partial charge < -0.3 is 5.32 Å². The molecule has 4 aromatic rings. The Morgan fingerprint density at radius 2 is 1.72 bits per heavy atom. The van der Waals surface area contributed by atoms with Crippen LogP contribution in [-0.4, -0.2) is 36.2 Å². The van der Waals surface area contributed by atoms with Gasteiger partial charge in [0, 0.05) is 5.92 Å². The summed E-state index contributed by atoms with van der Waals surface area (Å²) in [4.78, 5) is 17.4. The molecule has 0 saturated heterocycles. The van der Waals surface area contributed by atoms with Gasteiger partial charge in [0.1, 0.15) is 17.5 Å². The number of amides is 1. The molecule has 0 atom stereocenters. The van der Waals surface area contributed by atoms with Crippen molar-refractivity contribution in [1.82, 2.24) is 24.5 Å². The lowest BCUT2D eigenvalue weighted by Gasteiger charge is -2.09. The average Bonchev–Trinajstić information content (AvgIpc) is 3.47. The van der Waals surface area contributed by atoms with Gasteiger partial charge in [0.05, 0.1) is 23.3 Å². The topological polar surface area (TPSA) is 101 Å². The molecule has 0 spiro atoms. The number of nitrogens with one attached hydrogen (secondary N) is 1. The fourth-order valence-corrected chi connectivity index (χ4v) is 3.97. The maximum Gasteiger partial charge on any atom is 0.236 e. The molecule has 0 radical (unpaired) electrons. The normalized spacial score (nSPS) is 13.0. The van der Waals surface area contributed by atoms with Crippen LogP contribution in [0.3, 0.4) is 0 Å². The summed E-state index contributed by atoms with van der Waals surface area (Å²) < 4.78 is 3.42. The largest absolute Gasteiger partial charge is 0.309 e. The van der Waals surface area contributed by atoms with Crippen molar-refractivity contribution in [3.8, 4) is 17.4 Å². The number of nitriles is 1. The molecule has 1 fully saturated rings. The van der Waals surface area contributed by atoms with Crippen LogP contribution in [0.2, 0.25) is 0 Å². The van der Waals surface area contributed by atoms with E-state index in [-0.39, 0.29) is 11.7 Å². The van der Waals surface area contributed by atoms with Crippen LogP contribution >= 0.6 is 11.8 Å². The Bertz CT molecular complexity index is 1290. The molecule has 0 unspecified atom stereocenters. The summed E-state index contributed by atoms with van der Waals surface area (Å²) in [7, 11) is 0. The molecule has 9 heteroatoms. The Morgan fingerprint density at radius 3 is 2.34 bits per heavy atom. The van der Waals surface area contributed by atoms with Gasteiger partial charge >= 0.3 is 0 Å². The zero-order valence-corrected chi connectivity index (χ0v) is 17.9. The molecule has 5 rings (SSSR count). The van der Waals surface area contributed by atoms with Gasteiger partial charge in [-0.15, -0.1) is 5.10 Å². The number of aromatic nitrogens is 5. The van der Waals surface area contributed by atoms with Gasteiger partial charge in [-0.1, -0.05) is 48.2 Å². The second-order valence-electron chi connectivity index (χ2n) is 7.38. The molecule has 8 nitrogen and oxygen atoms in total. The molecule has 32 heavy (non-hydrogen) atoms. The first-order valence-corrected chi connectivity index (χ1v) is 11.2. The monoisotopic (exact) mass is 441 g/mol. The predicted octanol–water partition coefficient (Wildman–Crippen LogP) is 3.93. The fourth-order valence-electron chi connectivity index (χ4n) is 3.34. The summed E-state index contributed by atoms with van der Waals surface area (Å²) in [6.07, 6.45) is 3.66. The number of para-hydroxylation sites is 2. The Balaban J connectivity index is 1.32. The number of rotatable bonds is 7. The number of carbonyl (C=O) groups excluding carboxylic acids is 1. The second-order valence-corrected chi connectivity index (χ2v) is 8.32. The Kier molecular flexibility index (Phi) is 5.44. The van der Waals surface area contributed by atoms with Crippen LogP contribution in [0.15, 0.2) is 72.0 Å². The van der Waals surface area contributed by atoms with Gasteiger partial charge in [-0.25, -0.2) is 14.3 Å². The lowest BCUT2D eigenvalue weighted by atomic mass is 10.3. The van der Waals surface area contributed by atoms with Gasteiger partial charge in [-0.3, -0.25) is 4.79 Å². The highest BCUT2D eigenvalue weighted by atomic mass is 32.2. The van der Waals surface area contributed by atoms with Crippen LogP contribution < -0.4 is 5.32 Å². The second kappa shape index (κ2) is 8.69. The van der Waals surface area contributed by atoms with E-state index in [1.807, 2.05) is 65.3 Å². The molecular formula is C23H19N7OS.